The minimum absolute atomic E-state index is 0.0216. The van der Waals surface area contributed by atoms with Gasteiger partial charge in [0.2, 0.25) is 0 Å². The Morgan fingerprint density at radius 1 is 1.08 bits per heavy atom. The molecule has 3 aromatic rings. The van der Waals surface area contributed by atoms with Gasteiger partial charge in [0.25, 0.3) is 5.91 Å². The van der Waals surface area contributed by atoms with Gasteiger partial charge in [-0.1, -0.05) is 30.3 Å². The second-order valence-corrected chi connectivity index (χ2v) is 6.66. The van der Waals surface area contributed by atoms with Crippen molar-refractivity contribution in [2.75, 3.05) is 19.8 Å². The van der Waals surface area contributed by atoms with Crippen LogP contribution >= 0.6 is 0 Å². The summed E-state index contributed by atoms with van der Waals surface area (Å²) in [7, 11) is 0. The highest BCUT2D eigenvalue weighted by atomic mass is 16.5. The summed E-state index contributed by atoms with van der Waals surface area (Å²) in [6, 6.07) is 15.6. The van der Waals surface area contributed by atoms with Crippen molar-refractivity contribution in [2.24, 2.45) is 5.92 Å². The molecule has 1 fully saturated rings. The first-order valence-electron chi connectivity index (χ1n) is 8.91. The molecule has 1 amide bonds. The van der Waals surface area contributed by atoms with Crippen LogP contribution in [0.4, 0.5) is 0 Å². The number of hydrogen-bond acceptors (Lipinski definition) is 4. The van der Waals surface area contributed by atoms with Crippen LogP contribution < -0.4 is 0 Å². The van der Waals surface area contributed by atoms with Crippen molar-refractivity contribution in [3.05, 3.63) is 72.1 Å². The first-order valence-corrected chi connectivity index (χ1v) is 8.91. The average molecular weight is 347 g/mol. The minimum Gasteiger partial charge on any atom is -0.381 e. The van der Waals surface area contributed by atoms with Crippen LogP contribution in [0.25, 0.3) is 11.0 Å². The summed E-state index contributed by atoms with van der Waals surface area (Å²) in [5.41, 5.74) is 3.30. The summed E-state index contributed by atoms with van der Waals surface area (Å²) in [5, 5.41) is 0. The lowest BCUT2D eigenvalue weighted by atomic mass is 10.1. The Labute approximate surface area is 152 Å². The second-order valence-electron chi connectivity index (χ2n) is 6.66. The van der Waals surface area contributed by atoms with Crippen molar-refractivity contribution in [1.82, 2.24) is 14.9 Å². The molecule has 5 nitrogen and oxygen atoms in total. The van der Waals surface area contributed by atoms with E-state index in [1.54, 1.807) is 12.4 Å². The minimum atomic E-state index is 0.0216. The summed E-state index contributed by atoms with van der Waals surface area (Å²) in [6.07, 6.45) is 4.31. The molecule has 1 aromatic heterocycles. The van der Waals surface area contributed by atoms with Crippen LogP contribution in [-0.4, -0.2) is 40.5 Å². The first kappa shape index (κ1) is 16.7. The van der Waals surface area contributed by atoms with Crippen LogP contribution in [0.2, 0.25) is 0 Å². The second kappa shape index (κ2) is 7.62. The molecule has 132 valence electrons. The Hall–Kier alpha value is -2.79. The van der Waals surface area contributed by atoms with Gasteiger partial charge in [0.05, 0.1) is 17.6 Å². The van der Waals surface area contributed by atoms with Gasteiger partial charge in [-0.3, -0.25) is 14.8 Å². The fourth-order valence-corrected chi connectivity index (χ4v) is 3.34. The average Bonchev–Trinajstić information content (AvgIpc) is 3.20. The van der Waals surface area contributed by atoms with Crippen molar-refractivity contribution in [3.8, 4) is 0 Å². The van der Waals surface area contributed by atoms with E-state index in [0.29, 0.717) is 24.6 Å². The third kappa shape index (κ3) is 3.73. The van der Waals surface area contributed by atoms with Gasteiger partial charge < -0.3 is 9.64 Å². The zero-order chi connectivity index (χ0) is 17.8. The van der Waals surface area contributed by atoms with E-state index >= 15 is 0 Å². The van der Waals surface area contributed by atoms with Gasteiger partial charge in [0.15, 0.2) is 0 Å². The highest BCUT2D eigenvalue weighted by Gasteiger charge is 2.23. The highest BCUT2D eigenvalue weighted by Crippen LogP contribution is 2.19. The van der Waals surface area contributed by atoms with E-state index in [1.807, 2.05) is 41.3 Å². The molecule has 5 heteroatoms. The summed E-state index contributed by atoms with van der Waals surface area (Å²) in [5.74, 6) is 0.413. The van der Waals surface area contributed by atoms with Crippen LogP contribution in [0.1, 0.15) is 22.3 Å². The fourth-order valence-electron chi connectivity index (χ4n) is 3.34. The molecule has 0 N–H and O–H groups in total. The van der Waals surface area contributed by atoms with Gasteiger partial charge in [-0.2, -0.15) is 0 Å². The van der Waals surface area contributed by atoms with Gasteiger partial charge in [-0.15, -0.1) is 0 Å². The van der Waals surface area contributed by atoms with Crippen molar-refractivity contribution >= 4 is 16.9 Å². The number of fused-ring (bicyclic) bond motifs is 1. The van der Waals surface area contributed by atoms with Gasteiger partial charge in [-0.25, -0.2) is 0 Å². The molecule has 2 aromatic carbocycles. The van der Waals surface area contributed by atoms with E-state index in [1.165, 1.54) is 0 Å². The lowest BCUT2D eigenvalue weighted by Gasteiger charge is -2.25. The van der Waals surface area contributed by atoms with Crippen LogP contribution in [-0.2, 0) is 11.3 Å². The van der Waals surface area contributed by atoms with E-state index in [2.05, 4.69) is 22.1 Å². The predicted molar refractivity (Wildman–Crippen MR) is 99.6 cm³/mol. The maximum absolute atomic E-state index is 13.2. The fraction of sp³-hybridized carbons (Fsp3) is 0.286. The van der Waals surface area contributed by atoms with Crippen molar-refractivity contribution in [2.45, 2.75) is 13.0 Å². The van der Waals surface area contributed by atoms with Gasteiger partial charge in [0, 0.05) is 43.6 Å². The van der Waals surface area contributed by atoms with Crippen LogP contribution in [0, 0.1) is 5.92 Å². The molecule has 0 bridgehead atoms. The molecule has 0 radical (unpaired) electrons. The summed E-state index contributed by atoms with van der Waals surface area (Å²) >= 11 is 0. The molecule has 0 spiro atoms. The standard InChI is InChI=1S/C21H21N3O2/c25-21(18-6-7-19-20(12-18)23-10-9-22-19)24(14-17-8-11-26-15-17)13-16-4-2-1-3-5-16/h1-7,9-10,12,17H,8,11,13-15H2. The molecule has 1 atom stereocenters. The largest absolute Gasteiger partial charge is 0.381 e. The van der Waals surface area contributed by atoms with Crippen molar-refractivity contribution < 1.29 is 9.53 Å². The number of nitrogens with zero attached hydrogens (tertiary/aromatic N) is 3. The monoisotopic (exact) mass is 347 g/mol. The number of carbonyl (C=O) groups excluding carboxylic acids is 1. The lowest BCUT2D eigenvalue weighted by molar-refractivity contribution is 0.0706. The third-order valence-electron chi connectivity index (χ3n) is 4.72. The van der Waals surface area contributed by atoms with E-state index in [4.69, 9.17) is 4.74 Å². The van der Waals surface area contributed by atoms with Gasteiger partial charge >= 0.3 is 0 Å². The molecular weight excluding hydrogens is 326 g/mol. The van der Waals surface area contributed by atoms with Crippen molar-refractivity contribution in [3.63, 3.8) is 0 Å². The lowest BCUT2D eigenvalue weighted by Crippen LogP contribution is -2.35. The van der Waals surface area contributed by atoms with E-state index in [-0.39, 0.29) is 5.91 Å². The topological polar surface area (TPSA) is 55.3 Å². The number of benzene rings is 2. The molecule has 1 aliphatic rings. The molecule has 1 aliphatic heterocycles. The molecule has 1 saturated heterocycles. The summed E-state index contributed by atoms with van der Waals surface area (Å²) in [4.78, 5) is 23.7. The number of amides is 1. The molecule has 4 rings (SSSR count). The molecule has 26 heavy (non-hydrogen) atoms. The molecule has 1 unspecified atom stereocenters. The zero-order valence-corrected chi connectivity index (χ0v) is 14.5. The maximum Gasteiger partial charge on any atom is 0.254 e. The van der Waals surface area contributed by atoms with E-state index in [9.17, 15) is 4.79 Å². The van der Waals surface area contributed by atoms with Crippen LogP contribution in [0.5, 0.6) is 0 Å². The van der Waals surface area contributed by atoms with Crippen LogP contribution in [0.3, 0.4) is 0 Å². The Bertz CT molecular complexity index is 892. The molecule has 2 heterocycles. The normalized spacial score (nSPS) is 16.7. The number of ether oxygens (including phenoxy) is 1. The SMILES string of the molecule is O=C(c1ccc2nccnc2c1)N(Cc1ccccc1)CC1CCOC1. The van der Waals surface area contributed by atoms with E-state index < -0.39 is 0 Å². The Morgan fingerprint density at radius 2 is 1.88 bits per heavy atom. The third-order valence-corrected chi connectivity index (χ3v) is 4.72. The Morgan fingerprint density at radius 3 is 2.65 bits per heavy atom. The quantitative estimate of drug-likeness (QED) is 0.710. The van der Waals surface area contributed by atoms with E-state index in [0.717, 1.165) is 36.2 Å². The first-order chi connectivity index (χ1) is 12.8. The Balaban J connectivity index is 1.60. The Kier molecular flexibility index (Phi) is 4.88. The maximum atomic E-state index is 13.2. The number of rotatable bonds is 5. The van der Waals surface area contributed by atoms with Crippen molar-refractivity contribution in [1.29, 1.82) is 0 Å². The van der Waals surface area contributed by atoms with Crippen LogP contribution in [0.15, 0.2) is 60.9 Å². The molecular formula is C21H21N3O2. The predicted octanol–water partition coefficient (Wildman–Crippen LogP) is 3.31. The summed E-state index contributed by atoms with van der Waals surface area (Å²) < 4.78 is 5.50. The number of hydrogen-bond donors (Lipinski definition) is 0. The smallest absolute Gasteiger partial charge is 0.254 e. The summed E-state index contributed by atoms with van der Waals surface area (Å²) in [6.45, 7) is 2.80. The molecule has 0 aliphatic carbocycles. The molecule has 0 saturated carbocycles. The van der Waals surface area contributed by atoms with Gasteiger partial charge in [-0.05, 0) is 30.2 Å². The number of aromatic nitrogens is 2. The zero-order valence-electron chi connectivity index (χ0n) is 14.5. The number of carbonyl (C=O) groups is 1. The van der Waals surface area contributed by atoms with Gasteiger partial charge in [0.1, 0.15) is 0 Å². The highest BCUT2D eigenvalue weighted by molar-refractivity contribution is 5.97.